The van der Waals surface area contributed by atoms with Crippen LogP contribution in [0.3, 0.4) is 0 Å². The second kappa shape index (κ2) is 5.70. The Bertz CT molecular complexity index is 232. The molecule has 0 aliphatic heterocycles. The number of hydrogen-bond donors (Lipinski definition) is 1. The van der Waals surface area contributed by atoms with Gasteiger partial charge in [-0.1, -0.05) is 20.8 Å². The van der Waals surface area contributed by atoms with Crippen molar-refractivity contribution >= 4 is 11.9 Å². The van der Waals surface area contributed by atoms with Gasteiger partial charge >= 0.3 is 6.09 Å². The monoisotopic (exact) mass is 217 g/mol. The molecule has 0 bridgehead atoms. The minimum Gasteiger partial charge on any atom is -0.453 e. The highest BCUT2D eigenvalue weighted by Gasteiger charge is 2.30. The number of nitrogens with one attached hydrogen (secondary N) is 1. The van der Waals surface area contributed by atoms with E-state index in [1.807, 2.05) is 0 Å². The van der Waals surface area contributed by atoms with Gasteiger partial charge in [-0.2, -0.15) is 0 Å². The van der Waals surface area contributed by atoms with E-state index >= 15 is 0 Å². The number of carbonyl (C=O) groups excluding carboxylic acids is 2. The zero-order valence-corrected chi connectivity index (χ0v) is 9.92. The van der Waals surface area contributed by atoms with Gasteiger partial charge in [-0.05, 0) is 0 Å². The second-order valence-electron chi connectivity index (χ2n) is 4.26. The summed E-state index contributed by atoms with van der Waals surface area (Å²) in [7, 11) is 2.72. The lowest BCUT2D eigenvalue weighted by molar-refractivity contribution is -0.129. The highest BCUT2D eigenvalue weighted by molar-refractivity contribution is 5.91. The molecule has 1 atom stereocenters. The number of ketones is 1. The summed E-state index contributed by atoms with van der Waals surface area (Å²) in [4.78, 5) is 22.8. The third kappa shape index (κ3) is 4.78. The Hall–Kier alpha value is -1.10. The lowest BCUT2D eigenvalue weighted by atomic mass is 9.87. The van der Waals surface area contributed by atoms with Crippen molar-refractivity contribution in [1.29, 1.82) is 0 Å². The fourth-order valence-corrected chi connectivity index (χ4v) is 1.07. The topological polar surface area (TPSA) is 64.6 Å². The molecule has 0 spiro atoms. The number of carbonyl (C=O) groups is 2. The zero-order valence-electron chi connectivity index (χ0n) is 9.92. The van der Waals surface area contributed by atoms with E-state index < -0.39 is 17.6 Å². The smallest absolute Gasteiger partial charge is 0.407 e. The first-order chi connectivity index (χ1) is 6.82. The first-order valence-electron chi connectivity index (χ1n) is 4.70. The van der Waals surface area contributed by atoms with Crippen LogP contribution in [0.5, 0.6) is 0 Å². The van der Waals surface area contributed by atoms with Crippen molar-refractivity contribution in [3.05, 3.63) is 0 Å². The molecule has 0 radical (unpaired) electrons. The number of rotatable bonds is 4. The number of methoxy groups -OCH3 is 2. The molecular weight excluding hydrogens is 198 g/mol. The van der Waals surface area contributed by atoms with E-state index in [4.69, 9.17) is 4.74 Å². The third-order valence-electron chi connectivity index (χ3n) is 1.87. The van der Waals surface area contributed by atoms with Crippen LogP contribution in [0.1, 0.15) is 20.8 Å². The fourth-order valence-electron chi connectivity index (χ4n) is 1.07. The van der Waals surface area contributed by atoms with Crippen molar-refractivity contribution in [3.8, 4) is 0 Å². The molecule has 0 aliphatic carbocycles. The van der Waals surface area contributed by atoms with Gasteiger partial charge in [0.25, 0.3) is 0 Å². The van der Waals surface area contributed by atoms with Crippen molar-refractivity contribution < 1.29 is 19.1 Å². The Labute approximate surface area is 90.1 Å². The van der Waals surface area contributed by atoms with E-state index in [1.54, 1.807) is 20.8 Å². The summed E-state index contributed by atoms with van der Waals surface area (Å²) in [6, 6.07) is -0.664. The second-order valence-corrected chi connectivity index (χ2v) is 4.26. The number of ether oxygens (including phenoxy) is 2. The fraction of sp³-hybridized carbons (Fsp3) is 0.800. The van der Waals surface area contributed by atoms with Gasteiger partial charge in [0.05, 0.1) is 13.7 Å². The van der Waals surface area contributed by atoms with Crippen LogP contribution in [0.4, 0.5) is 4.79 Å². The standard InChI is InChI=1S/C10H19NO4/c1-10(2,3)8(12)7(6-14-4)11-9(13)15-5/h7H,6H2,1-5H3,(H,11,13). The predicted octanol–water partition coefficient (Wildman–Crippen LogP) is 0.973. The van der Waals surface area contributed by atoms with Crippen molar-refractivity contribution in [2.75, 3.05) is 20.8 Å². The molecule has 5 heteroatoms. The van der Waals surface area contributed by atoms with Gasteiger partial charge < -0.3 is 14.8 Å². The number of hydrogen-bond acceptors (Lipinski definition) is 4. The molecule has 0 aromatic rings. The number of Topliss-reactive ketones (excluding diaryl/α,β-unsaturated/α-hetero) is 1. The third-order valence-corrected chi connectivity index (χ3v) is 1.87. The Balaban J connectivity index is 4.52. The van der Waals surface area contributed by atoms with Crippen LogP contribution in [0, 0.1) is 5.41 Å². The van der Waals surface area contributed by atoms with Gasteiger partial charge in [-0.15, -0.1) is 0 Å². The largest absolute Gasteiger partial charge is 0.453 e. The van der Waals surface area contributed by atoms with Gasteiger partial charge in [-0.25, -0.2) is 4.79 Å². The first-order valence-corrected chi connectivity index (χ1v) is 4.70. The summed E-state index contributed by atoms with van der Waals surface area (Å²) in [5.74, 6) is -0.0882. The lowest BCUT2D eigenvalue weighted by Gasteiger charge is -2.24. The van der Waals surface area contributed by atoms with E-state index in [1.165, 1.54) is 14.2 Å². The zero-order chi connectivity index (χ0) is 12.1. The maximum absolute atomic E-state index is 11.9. The van der Waals surface area contributed by atoms with Crippen LogP contribution in [-0.2, 0) is 14.3 Å². The normalized spacial score (nSPS) is 13.1. The molecule has 0 rings (SSSR count). The molecule has 0 aromatic heterocycles. The van der Waals surface area contributed by atoms with Crippen LogP contribution in [-0.4, -0.2) is 38.7 Å². The molecule has 0 aromatic carbocycles. The summed E-state index contributed by atoms with van der Waals surface area (Å²) in [6.45, 7) is 5.51. The molecule has 15 heavy (non-hydrogen) atoms. The average molecular weight is 217 g/mol. The summed E-state index contributed by atoms with van der Waals surface area (Å²) < 4.78 is 9.31. The maximum Gasteiger partial charge on any atom is 0.407 e. The van der Waals surface area contributed by atoms with Crippen molar-refractivity contribution in [2.24, 2.45) is 5.41 Å². The summed E-state index contributed by atoms with van der Waals surface area (Å²) >= 11 is 0. The molecule has 0 aliphatic rings. The maximum atomic E-state index is 11.9. The van der Waals surface area contributed by atoms with Crippen LogP contribution >= 0.6 is 0 Å². The van der Waals surface area contributed by atoms with E-state index in [9.17, 15) is 9.59 Å². The molecule has 1 N–H and O–H groups in total. The van der Waals surface area contributed by atoms with E-state index in [0.29, 0.717) is 0 Å². The number of alkyl carbamates (subject to hydrolysis) is 1. The molecule has 0 saturated carbocycles. The Morgan fingerprint density at radius 1 is 1.27 bits per heavy atom. The minimum absolute atomic E-state index is 0.0882. The summed E-state index contributed by atoms with van der Waals surface area (Å²) in [6.07, 6.45) is -0.630. The van der Waals surface area contributed by atoms with Gasteiger partial charge in [0, 0.05) is 12.5 Å². The SMILES string of the molecule is COCC(NC(=O)OC)C(=O)C(C)(C)C. The van der Waals surface area contributed by atoms with Crippen molar-refractivity contribution in [3.63, 3.8) is 0 Å². The minimum atomic E-state index is -0.664. The van der Waals surface area contributed by atoms with Crippen LogP contribution in [0.15, 0.2) is 0 Å². The molecule has 0 fully saturated rings. The van der Waals surface area contributed by atoms with Gasteiger partial charge in [0.15, 0.2) is 5.78 Å². The van der Waals surface area contributed by atoms with Crippen LogP contribution < -0.4 is 5.32 Å². The number of amides is 1. The molecule has 1 amide bonds. The molecule has 88 valence electrons. The quantitative estimate of drug-likeness (QED) is 0.762. The van der Waals surface area contributed by atoms with E-state index in [2.05, 4.69) is 10.1 Å². The predicted molar refractivity (Wildman–Crippen MR) is 55.7 cm³/mol. The molecule has 0 heterocycles. The van der Waals surface area contributed by atoms with Gasteiger partial charge in [-0.3, -0.25) is 4.79 Å². The molecule has 5 nitrogen and oxygen atoms in total. The van der Waals surface area contributed by atoms with E-state index in [-0.39, 0.29) is 12.4 Å². The van der Waals surface area contributed by atoms with Crippen LogP contribution in [0.2, 0.25) is 0 Å². The molecule has 0 saturated heterocycles. The van der Waals surface area contributed by atoms with Gasteiger partial charge in [0.2, 0.25) is 0 Å². The molecular formula is C10H19NO4. The van der Waals surface area contributed by atoms with Crippen LogP contribution in [0.25, 0.3) is 0 Å². The van der Waals surface area contributed by atoms with Gasteiger partial charge in [0.1, 0.15) is 6.04 Å². The highest BCUT2D eigenvalue weighted by atomic mass is 16.5. The highest BCUT2D eigenvalue weighted by Crippen LogP contribution is 2.17. The van der Waals surface area contributed by atoms with Crippen molar-refractivity contribution in [1.82, 2.24) is 5.32 Å². The Morgan fingerprint density at radius 2 is 1.80 bits per heavy atom. The van der Waals surface area contributed by atoms with Crippen molar-refractivity contribution in [2.45, 2.75) is 26.8 Å². The first kappa shape index (κ1) is 13.9. The Morgan fingerprint density at radius 3 is 2.13 bits per heavy atom. The average Bonchev–Trinajstić information content (AvgIpc) is 2.14. The molecule has 1 unspecified atom stereocenters. The summed E-state index contributed by atoms with van der Waals surface area (Å²) in [5.41, 5.74) is -0.524. The lowest BCUT2D eigenvalue weighted by Crippen LogP contribution is -2.48. The summed E-state index contributed by atoms with van der Waals surface area (Å²) in [5, 5.41) is 2.44. The van der Waals surface area contributed by atoms with E-state index in [0.717, 1.165) is 0 Å². The Kier molecular flexibility index (Phi) is 5.28.